The molecule has 0 unspecified atom stereocenters. The highest BCUT2D eigenvalue weighted by molar-refractivity contribution is 6.06. The molecule has 1 heterocycles. The van der Waals surface area contributed by atoms with E-state index >= 15 is 0 Å². The minimum absolute atomic E-state index is 0.179. The van der Waals surface area contributed by atoms with Crippen LogP contribution in [0.4, 0.5) is 5.69 Å². The van der Waals surface area contributed by atoms with Crippen LogP contribution in [0, 0.1) is 11.8 Å². The van der Waals surface area contributed by atoms with E-state index in [2.05, 4.69) is 5.32 Å². The average Bonchev–Trinajstić information content (AvgIpc) is 3.53. The van der Waals surface area contributed by atoms with E-state index < -0.39 is 18.1 Å². The monoisotopic (exact) mass is 378 g/mol. The molecule has 2 aliphatic rings. The number of nitrogens with zero attached hydrogens (tertiary/aromatic N) is 1. The second kappa shape index (κ2) is 7.40. The zero-order valence-corrected chi connectivity index (χ0v) is 16.3. The third-order valence-corrected chi connectivity index (χ3v) is 5.89. The van der Waals surface area contributed by atoms with Gasteiger partial charge in [0.15, 0.2) is 0 Å². The van der Waals surface area contributed by atoms with E-state index in [1.807, 2.05) is 48.5 Å². The summed E-state index contributed by atoms with van der Waals surface area (Å²) in [5.74, 6) is -0.422. The number of para-hydroxylation sites is 1. The quantitative estimate of drug-likeness (QED) is 0.839. The lowest BCUT2D eigenvalue weighted by Crippen LogP contribution is -2.45. The normalized spacial score (nSPS) is 20.6. The van der Waals surface area contributed by atoms with Gasteiger partial charge >= 0.3 is 0 Å². The van der Waals surface area contributed by atoms with Crippen LogP contribution >= 0.6 is 0 Å². The van der Waals surface area contributed by atoms with E-state index in [1.165, 1.54) is 0 Å². The number of amides is 2. The SMILES string of the molecule is C[C@H](O)[C@@H](CC1CC1)C(=O)N[C@@H]1C(=O)N(C)c2ccccc2-c2ccccc21. The van der Waals surface area contributed by atoms with Gasteiger partial charge in [-0.25, -0.2) is 0 Å². The number of carbonyl (C=O) groups is 2. The van der Waals surface area contributed by atoms with Crippen LogP contribution in [0.2, 0.25) is 0 Å². The van der Waals surface area contributed by atoms with E-state index in [4.69, 9.17) is 0 Å². The van der Waals surface area contributed by atoms with Gasteiger partial charge in [0.1, 0.15) is 6.04 Å². The van der Waals surface area contributed by atoms with Crippen LogP contribution in [0.15, 0.2) is 48.5 Å². The summed E-state index contributed by atoms with van der Waals surface area (Å²) in [6.07, 6.45) is 2.15. The molecule has 1 aliphatic heterocycles. The minimum atomic E-state index is -0.776. The fraction of sp³-hybridized carbons (Fsp3) is 0.391. The number of likely N-dealkylation sites (N-methyl/N-ethyl adjacent to an activating group) is 1. The predicted octanol–water partition coefficient (Wildman–Crippen LogP) is 3.28. The van der Waals surface area contributed by atoms with E-state index in [0.717, 1.165) is 35.2 Å². The molecule has 2 N–H and O–H groups in total. The highest BCUT2D eigenvalue weighted by Gasteiger charge is 2.37. The standard InChI is InChI=1S/C23H26N2O3/c1-14(26)19(13-15-11-12-15)22(27)24-21-18-9-4-3-7-16(18)17-8-5-6-10-20(17)25(2)23(21)28/h3-10,14-15,19,21,26H,11-13H2,1-2H3,(H,24,27)/t14-,19+,21-/m0/s1. The Kier molecular flexibility index (Phi) is 4.94. The van der Waals surface area contributed by atoms with Crippen molar-refractivity contribution < 1.29 is 14.7 Å². The topological polar surface area (TPSA) is 69.6 Å². The molecule has 0 spiro atoms. The van der Waals surface area contributed by atoms with Crippen molar-refractivity contribution in [2.75, 3.05) is 11.9 Å². The Morgan fingerprint density at radius 1 is 1.14 bits per heavy atom. The lowest BCUT2D eigenvalue weighted by atomic mass is 9.93. The van der Waals surface area contributed by atoms with Gasteiger partial charge in [0.25, 0.3) is 5.91 Å². The van der Waals surface area contributed by atoms with Crippen LogP contribution in [0.5, 0.6) is 0 Å². The zero-order chi connectivity index (χ0) is 19.8. The molecular formula is C23H26N2O3. The van der Waals surface area contributed by atoms with Gasteiger partial charge in [0.2, 0.25) is 5.91 Å². The summed E-state index contributed by atoms with van der Waals surface area (Å²) in [6.45, 7) is 1.65. The third-order valence-electron chi connectivity index (χ3n) is 5.89. The Bertz CT molecular complexity index is 904. The van der Waals surface area contributed by atoms with Crippen molar-refractivity contribution in [2.45, 2.75) is 38.3 Å². The zero-order valence-electron chi connectivity index (χ0n) is 16.3. The van der Waals surface area contributed by atoms with Crippen molar-refractivity contribution in [3.05, 3.63) is 54.1 Å². The second-order valence-electron chi connectivity index (χ2n) is 7.97. The molecule has 2 aromatic carbocycles. The number of aliphatic hydroxyl groups is 1. The minimum Gasteiger partial charge on any atom is -0.393 e. The molecule has 0 aromatic heterocycles. The van der Waals surface area contributed by atoms with Crippen LogP contribution < -0.4 is 10.2 Å². The smallest absolute Gasteiger partial charge is 0.253 e. The fourth-order valence-corrected chi connectivity index (χ4v) is 4.06. The van der Waals surface area contributed by atoms with Gasteiger partial charge in [-0.1, -0.05) is 55.3 Å². The molecule has 4 rings (SSSR count). The largest absolute Gasteiger partial charge is 0.393 e. The third kappa shape index (κ3) is 3.42. The van der Waals surface area contributed by atoms with Crippen molar-refractivity contribution in [3.8, 4) is 11.1 Å². The molecule has 5 nitrogen and oxygen atoms in total. The lowest BCUT2D eigenvalue weighted by Gasteiger charge is -2.26. The maximum absolute atomic E-state index is 13.3. The van der Waals surface area contributed by atoms with Crippen LogP contribution in [0.25, 0.3) is 11.1 Å². The number of benzene rings is 2. The molecule has 5 heteroatoms. The van der Waals surface area contributed by atoms with Gasteiger partial charge in [-0.3, -0.25) is 9.59 Å². The van der Waals surface area contributed by atoms with Gasteiger partial charge in [-0.2, -0.15) is 0 Å². The first kappa shape index (κ1) is 18.7. The van der Waals surface area contributed by atoms with Crippen LogP contribution in [-0.2, 0) is 9.59 Å². The summed E-state index contributed by atoms with van der Waals surface area (Å²) in [5, 5.41) is 13.1. The van der Waals surface area contributed by atoms with Crippen molar-refractivity contribution >= 4 is 17.5 Å². The van der Waals surface area contributed by atoms with Crippen molar-refractivity contribution in [1.82, 2.24) is 5.32 Å². The highest BCUT2D eigenvalue weighted by Crippen LogP contribution is 2.40. The lowest BCUT2D eigenvalue weighted by molar-refractivity contribution is -0.132. The van der Waals surface area contributed by atoms with E-state index in [0.29, 0.717) is 12.3 Å². The summed E-state index contributed by atoms with van der Waals surface area (Å²) in [5.41, 5.74) is 3.52. The first-order valence-electron chi connectivity index (χ1n) is 9.91. The first-order valence-corrected chi connectivity index (χ1v) is 9.91. The van der Waals surface area contributed by atoms with Crippen LogP contribution in [-0.4, -0.2) is 30.1 Å². The Labute approximate surface area is 165 Å². The summed E-state index contributed by atoms with van der Waals surface area (Å²) in [4.78, 5) is 27.9. The van der Waals surface area contributed by atoms with Crippen molar-refractivity contribution in [3.63, 3.8) is 0 Å². The number of anilines is 1. The van der Waals surface area contributed by atoms with Crippen LogP contribution in [0.1, 0.15) is 37.8 Å². The molecular weight excluding hydrogens is 352 g/mol. The summed E-state index contributed by atoms with van der Waals surface area (Å²) in [6, 6.07) is 14.7. The summed E-state index contributed by atoms with van der Waals surface area (Å²) >= 11 is 0. The van der Waals surface area contributed by atoms with Gasteiger partial charge < -0.3 is 15.3 Å². The van der Waals surface area contributed by atoms with Gasteiger partial charge in [0, 0.05) is 12.6 Å². The van der Waals surface area contributed by atoms with Crippen molar-refractivity contribution in [1.29, 1.82) is 0 Å². The van der Waals surface area contributed by atoms with Crippen molar-refractivity contribution in [2.24, 2.45) is 11.8 Å². The van der Waals surface area contributed by atoms with E-state index in [1.54, 1.807) is 18.9 Å². The molecule has 0 bridgehead atoms. The molecule has 1 fully saturated rings. The Morgan fingerprint density at radius 3 is 2.46 bits per heavy atom. The number of aliphatic hydroxyl groups excluding tert-OH is 1. The molecule has 2 aromatic rings. The number of hydrogen-bond donors (Lipinski definition) is 2. The van der Waals surface area contributed by atoms with Crippen LogP contribution in [0.3, 0.4) is 0 Å². The number of hydrogen-bond acceptors (Lipinski definition) is 3. The Morgan fingerprint density at radius 2 is 1.79 bits per heavy atom. The van der Waals surface area contributed by atoms with Gasteiger partial charge in [-0.05, 0) is 36.5 Å². The Hall–Kier alpha value is -2.66. The molecule has 0 radical (unpaired) electrons. The molecule has 1 saturated carbocycles. The molecule has 2 amide bonds. The maximum Gasteiger partial charge on any atom is 0.253 e. The molecule has 3 atom stereocenters. The first-order chi connectivity index (χ1) is 13.5. The molecule has 1 aliphatic carbocycles. The fourth-order valence-electron chi connectivity index (χ4n) is 4.06. The number of carbonyl (C=O) groups excluding carboxylic acids is 2. The number of fused-ring (bicyclic) bond motifs is 3. The molecule has 28 heavy (non-hydrogen) atoms. The number of nitrogens with one attached hydrogen (secondary N) is 1. The average molecular weight is 378 g/mol. The molecule has 0 saturated heterocycles. The maximum atomic E-state index is 13.3. The molecule has 146 valence electrons. The Balaban J connectivity index is 1.70. The van der Waals surface area contributed by atoms with E-state index in [-0.39, 0.29) is 11.8 Å². The second-order valence-corrected chi connectivity index (χ2v) is 7.97. The van der Waals surface area contributed by atoms with Gasteiger partial charge in [0.05, 0.1) is 17.7 Å². The van der Waals surface area contributed by atoms with E-state index in [9.17, 15) is 14.7 Å². The summed E-state index contributed by atoms with van der Waals surface area (Å²) in [7, 11) is 1.74. The summed E-state index contributed by atoms with van der Waals surface area (Å²) < 4.78 is 0. The predicted molar refractivity (Wildman–Crippen MR) is 109 cm³/mol. The number of rotatable bonds is 5. The highest BCUT2D eigenvalue weighted by atomic mass is 16.3. The van der Waals surface area contributed by atoms with Gasteiger partial charge in [-0.15, -0.1) is 0 Å².